The molecule has 1 rings (SSSR count). The van der Waals surface area contributed by atoms with Gasteiger partial charge in [0.25, 0.3) is 0 Å². The minimum absolute atomic E-state index is 0.0270. The van der Waals surface area contributed by atoms with Crippen molar-refractivity contribution in [2.24, 2.45) is 0 Å². The van der Waals surface area contributed by atoms with Gasteiger partial charge in [-0.25, -0.2) is 0 Å². The molecule has 0 bridgehead atoms. The second kappa shape index (κ2) is 6.26. The third kappa shape index (κ3) is 4.18. The quantitative estimate of drug-likeness (QED) is 0.674. The number of alkyl halides is 1. The first-order chi connectivity index (χ1) is 7.24. The third-order valence-corrected chi connectivity index (χ3v) is 2.20. The van der Waals surface area contributed by atoms with Crippen molar-refractivity contribution in [2.45, 2.75) is 12.8 Å². The summed E-state index contributed by atoms with van der Waals surface area (Å²) in [7, 11) is 0. The molecule has 1 aromatic carbocycles. The molecule has 0 amide bonds. The molecule has 0 aliphatic carbocycles. The summed E-state index contributed by atoms with van der Waals surface area (Å²) in [6.45, 7) is 0. The molecule has 3 heteroatoms. The standard InChI is InChI=1S/C12H11BrO2/c13-8-4-3-6-10-5-1-2-7-11(10)9-12(14)15/h1-2,5,7H,4,8-9H2,(H,14,15). The maximum absolute atomic E-state index is 10.6. The first kappa shape index (κ1) is 11.8. The van der Waals surface area contributed by atoms with Gasteiger partial charge in [0.1, 0.15) is 0 Å². The summed E-state index contributed by atoms with van der Waals surface area (Å²) in [6.07, 6.45) is 0.792. The number of aliphatic carboxylic acids is 1. The fourth-order valence-electron chi connectivity index (χ4n) is 1.16. The second-order valence-corrected chi connectivity index (χ2v) is 3.76. The van der Waals surface area contributed by atoms with Gasteiger partial charge in [-0.05, 0) is 11.6 Å². The molecule has 0 heterocycles. The molecule has 0 saturated heterocycles. The lowest BCUT2D eigenvalue weighted by Crippen LogP contribution is -2.01. The zero-order chi connectivity index (χ0) is 11.1. The van der Waals surface area contributed by atoms with E-state index in [1.807, 2.05) is 18.2 Å². The number of hydrogen-bond acceptors (Lipinski definition) is 1. The summed E-state index contributed by atoms with van der Waals surface area (Å²) >= 11 is 3.29. The maximum atomic E-state index is 10.6. The summed E-state index contributed by atoms with van der Waals surface area (Å²) in [5.74, 6) is 5.12. The van der Waals surface area contributed by atoms with Gasteiger partial charge >= 0.3 is 5.97 Å². The van der Waals surface area contributed by atoms with Gasteiger partial charge < -0.3 is 5.11 Å². The van der Waals surface area contributed by atoms with Crippen LogP contribution in [0.2, 0.25) is 0 Å². The number of rotatable bonds is 3. The normalized spacial score (nSPS) is 9.13. The van der Waals surface area contributed by atoms with Gasteiger partial charge in [0, 0.05) is 17.3 Å². The number of carboxylic acid groups (broad SMARTS) is 1. The summed E-state index contributed by atoms with van der Waals surface area (Å²) in [6, 6.07) is 7.34. The molecule has 0 radical (unpaired) electrons. The Kier molecular flexibility index (Phi) is 4.92. The lowest BCUT2D eigenvalue weighted by Gasteiger charge is -1.99. The van der Waals surface area contributed by atoms with Gasteiger partial charge in [-0.2, -0.15) is 0 Å². The molecule has 15 heavy (non-hydrogen) atoms. The largest absolute Gasteiger partial charge is 0.481 e. The average molecular weight is 267 g/mol. The summed E-state index contributed by atoms with van der Waals surface area (Å²) < 4.78 is 0. The highest BCUT2D eigenvalue weighted by molar-refractivity contribution is 9.09. The van der Waals surface area contributed by atoms with Crippen LogP contribution in [0, 0.1) is 11.8 Å². The first-order valence-corrected chi connectivity index (χ1v) is 5.70. The van der Waals surface area contributed by atoms with E-state index in [1.54, 1.807) is 6.07 Å². The lowest BCUT2D eigenvalue weighted by molar-refractivity contribution is -0.136. The lowest BCUT2D eigenvalue weighted by atomic mass is 10.1. The van der Waals surface area contributed by atoms with Crippen molar-refractivity contribution in [1.82, 2.24) is 0 Å². The Bertz CT molecular complexity index is 402. The maximum Gasteiger partial charge on any atom is 0.307 e. The smallest absolute Gasteiger partial charge is 0.307 e. The third-order valence-electron chi connectivity index (χ3n) is 1.80. The first-order valence-electron chi connectivity index (χ1n) is 4.58. The molecule has 1 aromatic rings. The molecule has 0 aliphatic heterocycles. The van der Waals surface area contributed by atoms with E-state index in [-0.39, 0.29) is 6.42 Å². The summed E-state index contributed by atoms with van der Waals surface area (Å²) in [4.78, 5) is 10.6. The van der Waals surface area contributed by atoms with Gasteiger partial charge in [0.15, 0.2) is 0 Å². The molecule has 0 aliphatic rings. The predicted octanol–water partition coefficient (Wildman–Crippen LogP) is 2.45. The Morgan fingerprint density at radius 2 is 2.13 bits per heavy atom. The van der Waals surface area contributed by atoms with Crippen molar-refractivity contribution in [3.05, 3.63) is 35.4 Å². The van der Waals surface area contributed by atoms with E-state index >= 15 is 0 Å². The van der Waals surface area contributed by atoms with Crippen LogP contribution < -0.4 is 0 Å². The van der Waals surface area contributed by atoms with Crippen LogP contribution in [-0.2, 0) is 11.2 Å². The number of hydrogen-bond donors (Lipinski definition) is 1. The highest BCUT2D eigenvalue weighted by Crippen LogP contribution is 2.08. The van der Waals surface area contributed by atoms with E-state index in [0.717, 1.165) is 22.9 Å². The van der Waals surface area contributed by atoms with Crippen LogP contribution in [0.5, 0.6) is 0 Å². The fourth-order valence-corrected chi connectivity index (χ4v) is 1.36. The van der Waals surface area contributed by atoms with E-state index in [2.05, 4.69) is 27.8 Å². The monoisotopic (exact) mass is 266 g/mol. The van der Waals surface area contributed by atoms with Crippen LogP contribution in [0.3, 0.4) is 0 Å². The van der Waals surface area contributed by atoms with Crippen molar-refractivity contribution in [3.8, 4) is 11.8 Å². The Morgan fingerprint density at radius 1 is 1.40 bits per heavy atom. The molecular weight excluding hydrogens is 256 g/mol. The highest BCUT2D eigenvalue weighted by Gasteiger charge is 2.03. The molecule has 0 saturated carbocycles. The van der Waals surface area contributed by atoms with E-state index in [0.29, 0.717) is 0 Å². The van der Waals surface area contributed by atoms with Gasteiger partial charge in [0.2, 0.25) is 0 Å². The predicted molar refractivity (Wildman–Crippen MR) is 63.1 cm³/mol. The fraction of sp³-hybridized carbons (Fsp3) is 0.250. The number of carbonyl (C=O) groups is 1. The van der Waals surface area contributed by atoms with Gasteiger partial charge in [0.05, 0.1) is 6.42 Å². The van der Waals surface area contributed by atoms with Crippen LogP contribution in [0.4, 0.5) is 0 Å². The number of halogens is 1. The highest BCUT2D eigenvalue weighted by atomic mass is 79.9. The van der Waals surface area contributed by atoms with Crippen molar-refractivity contribution in [1.29, 1.82) is 0 Å². The zero-order valence-electron chi connectivity index (χ0n) is 8.16. The molecule has 1 N–H and O–H groups in total. The molecule has 78 valence electrons. The van der Waals surface area contributed by atoms with Crippen molar-refractivity contribution >= 4 is 21.9 Å². The van der Waals surface area contributed by atoms with Crippen LogP contribution in [0.15, 0.2) is 24.3 Å². The topological polar surface area (TPSA) is 37.3 Å². The van der Waals surface area contributed by atoms with E-state index in [1.165, 1.54) is 0 Å². The molecule has 0 spiro atoms. The van der Waals surface area contributed by atoms with E-state index in [9.17, 15) is 4.79 Å². The Labute approximate surface area is 97.4 Å². The van der Waals surface area contributed by atoms with Crippen LogP contribution >= 0.6 is 15.9 Å². The van der Waals surface area contributed by atoms with Crippen molar-refractivity contribution < 1.29 is 9.90 Å². The average Bonchev–Trinajstić information content (AvgIpc) is 2.20. The van der Waals surface area contributed by atoms with E-state index in [4.69, 9.17) is 5.11 Å². The van der Waals surface area contributed by atoms with Crippen LogP contribution in [0.25, 0.3) is 0 Å². The Hall–Kier alpha value is -1.27. The molecule has 0 unspecified atom stereocenters. The van der Waals surface area contributed by atoms with Crippen molar-refractivity contribution in [3.63, 3.8) is 0 Å². The second-order valence-electron chi connectivity index (χ2n) is 2.97. The van der Waals surface area contributed by atoms with E-state index < -0.39 is 5.97 Å². The van der Waals surface area contributed by atoms with Gasteiger partial charge in [-0.3, -0.25) is 4.79 Å². The molecule has 0 aromatic heterocycles. The van der Waals surface area contributed by atoms with Crippen molar-refractivity contribution in [2.75, 3.05) is 5.33 Å². The van der Waals surface area contributed by atoms with Crippen LogP contribution in [0.1, 0.15) is 17.5 Å². The Morgan fingerprint density at radius 3 is 2.80 bits per heavy atom. The summed E-state index contributed by atoms with van der Waals surface area (Å²) in [5.41, 5.74) is 1.58. The Balaban J connectivity index is 2.87. The minimum Gasteiger partial charge on any atom is -0.481 e. The number of carboxylic acids is 1. The molecular formula is C12H11BrO2. The SMILES string of the molecule is O=C(O)Cc1ccccc1C#CCCBr. The molecule has 0 atom stereocenters. The molecule has 2 nitrogen and oxygen atoms in total. The van der Waals surface area contributed by atoms with Gasteiger partial charge in [-0.15, -0.1) is 0 Å². The number of benzene rings is 1. The van der Waals surface area contributed by atoms with Gasteiger partial charge in [-0.1, -0.05) is 46.0 Å². The van der Waals surface area contributed by atoms with Crippen LogP contribution in [-0.4, -0.2) is 16.4 Å². The molecule has 0 fully saturated rings. The minimum atomic E-state index is -0.829. The zero-order valence-corrected chi connectivity index (χ0v) is 9.75. The summed E-state index contributed by atoms with van der Waals surface area (Å²) in [5, 5.41) is 9.54.